The van der Waals surface area contributed by atoms with Crippen molar-refractivity contribution in [2.45, 2.75) is 63.9 Å². The minimum absolute atomic E-state index is 0.149. The van der Waals surface area contributed by atoms with Gasteiger partial charge in [0.05, 0.1) is 12.4 Å². The lowest BCUT2D eigenvalue weighted by Crippen LogP contribution is -2.33. The molecule has 5 heteroatoms. The molecule has 1 heterocycles. The van der Waals surface area contributed by atoms with Gasteiger partial charge in [-0.2, -0.15) is 0 Å². The second kappa shape index (κ2) is 8.15. The van der Waals surface area contributed by atoms with Gasteiger partial charge in [0.1, 0.15) is 17.6 Å². The first-order chi connectivity index (χ1) is 11.7. The Hall–Kier alpha value is -1.36. The molecule has 132 valence electrons. The van der Waals surface area contributed by atoms with Crippen LogP contribution in [-0.4, -0.2) is 30.4 Å². The lowest BCUT2D eigenvalue weighted by atomic mass is 10.1. The summed E-state index contributed by atoms with van der Waals surface area (Å²) in [5, 5.41) is 3.14. The largest absolute Gasteiger partial charge is 0.494 e. The zero-order chi connectivity index (χ0) is 16.9. The van der Waals surface area contributed by atoms with Crippen molar-refractivity contribution < 1.29 is 14.3 Å². The molecule has 0 saturated heterocycles. The van der Waals surface area contributed by atoms with Crippen LogP contribution >= 0.6 is 11.8 Å². The molecule has 0 aromatic heterocycles. The number of thioether (sulfide) groups is 1. The zero-order valence-electron chi connectivity index (χ0n) is 14.6. The number of benzene rings is 1. The predicted octanol–water partition coefficient (Wildman–Crippen LogP) is 3.70. The Labute approximate surface area is 148 Å². The number of hydrogen-bond acceptors (Lipinski definition) is 4. The second-order valence-corrected chi connectivity index (χ2v) is 7.66. The van der Waals surface area contributed by atoms with Crippen molar-refractivity contribution in [3.63, 3.8) is 0 Å². The molecule has 1 fully saturated rings. The predicted molar refractivity (Wildman–Crippen MR) is 98.0 cm³/mol. The Morgan fingerprint density at radius 3 is 2.92 bits per heavy atom. The fourth-order valence-electron chi connectivity index (χ4n) is 3.48. The Bertz CT molecular complexity index is 584. The highest BCUT2D eigenvalue weighted by Gasteiger charge is 2.22. The molecular weight excluding hydrogens is 322 g/mol. The number of ether oxygens (including phenoxy) is 2. The molecule has 3 rings (SSSR count). The maximum atomic E-state index is 12.0. The van der Waals surface area contributed by atoms with Crippen LogP contribution in [-0.2, 0) is 17.0 Å². The third-order valence-corrected chi connectivity index (χ3v) is 5.57. The number of amides is 1. The lowest BCUT2D eigenvalue weighted by Gasteiger charge is -2.14. The van der Waals surface area contributed by atoms with E-state index >= 15 is 0 Å². The van der Waals surface area contributed by atoms with Crippen LogP contribution < -0.4 is 14.8 Å². The molecule has 0 bridgehead atoms. The standard InChI is InChI=1S/C19H27NO3S/c1-3-22-17-9-14-8-13(2)23-18(14)10-15(17)11-24-12-19(21)20-16-6-4-5-7-16/h9-10,13,16H,3-8,11-12H2,1-2H3,(H,20,21)/t13-/m0/s1. The summed E-state index contributed by atoms with van der Waals surface area (Å²) in [5.74, 6) is 3.31. The number of fused-ring (bicyclic) bond motifs is 1. The summed E-state index contributed by atoms with van der Waals surface area (Å²) in [6.45, 7) is 4.73. The van der Waals surface area contributed by atoms with E-state index in [2.05, 4.69) is 24.4 Å². The van der Waals surface area contributed by atoms with E-state index in [1.807, 2.05) is 6.92 Å². The third-order valence-electron chi connectivity index (χ3n) is 4.59. The fraction of sp³-hybridized carbons (Fsp3) is 0.632. The highest BCUT2D eigenvalue weighted by atomic mass is 32.2. The highest BCUT2D eigenvalue weighted by Crippen LogP contribution is 2.36. The number of nitrogens with one attached hydrogen (secondary N) is 1. The molecule has 1 aliphatic heterocycles. The topological polar surface area (TPSA) is 47.6 Å². The average Bonchev–Trinajstić information content (AvgIpc) is 3.16. The highest BCUT2D eigenvalue weighted by molar-refractivity contribution is 7.99. The van der Waals surface area contributed by atoms with Crippen molar-refractivity contribution in [1.82, 2.24) is 5.32 Å². The van der Waals surface area contributed by atoms with Crippen LogP contribution in [0.1, 0.15) is 50.7 Å². The van der Waals surface area contributed by atoms with E-state index in [0.717, 1.165) is 42.1 Å². The molecule has 24 heavy (non-hydrogen) atoms. The third kappa shape index (κ3) is 4.38. The molecule has 1 aromatic carbocycles. The zero-order valence-corrected chi connectivity index (χ0v) is 15.4. The molecule has 2 aliphatic rings. The molecule has 1 aromatic rings. The molecule has 0 spiro atoms. The van der Waals surface area contributed by atoms with Crippen molar-refractivity contribution in [1.29, 1.82) is 0 Å². The summed E-state index contributed by atoms with van der Waals surface area (Å²) in [7, 11) is 0. The van der Waals surface area contributed by atoms with Crippen LogP contribution in [0.2, 0.25) is 0 Å². The first-order valence-corrected chi connectivity index (χ1v) is 10.1. The molecule has 1 atom stereocenters. The molecule has 4 nitrogen and oxygen atoms in total. The number of hydrogen-bond donors (Lipinski definition) is 1. The first kappa shape index (κ1) is 17.5. The van der Waals surface area contributed by atoms with E-state index in [1.54, 1.807) is 11.8 Å². The van der Waals surface area contributed by atoms with E-state index in [9.17, 15) is 4.79 Å². The lowest BCUT2D eigenvalue weighted by molar-refractivity contribution is -0.119. The van der Waals surface area contributed by atoms with Crippen LogP contribution in [0.25, 0.3) is 0 Å². The van der Waals surface area contributed by atoms with Crippen LogP contribution in [0.15, 0.2) is 12.1 Å². The van der Waals surface area contributed by atoms with Gasteiger partial charge in [-0.25, -0.2) is 0 Å². The van der Waals surface area contributed by atoms with E-state index < -0.39 is 0 Å². The van der Waals surface area contributed by atoms with Gasteiger partial charge in [0.15, 0.2) is 0 Å². The average molecular weight is 349 g/mol. The van der Waals surface area contributed by atoms with Crippen molar-refractivity contribution in [3.05, 3.63) is 23.3 Å². The van der Waals surface area contributed by atoms with Crippen molar-refractivity contribution in [3.8, 4) is 11.5 Å². The van der Waals surface area contributed by atoms with E-state index in [0.29, 0.717) is 18.4 Å². The molecule has 1 amide bonds. The van der Waals surface area contributed by atoms with Gasteiger partial charge < -0.3 is 14.8 Å². The van der Waals surface area contributed by atoms with Crippen molar-refractivity contribution in [2.75, 3.05) is 12.4 Å². The Morgan fingerprint density at radius 2 is 2.17 bits per heavy atom. The minimum atomic E-state index is 0.149. The monoisotopic (exact) mass is 349 g/mol. The summed E-state index contributed by atoms with van der Waals surface area (Å²) >= 11 is 1.64. The van der Waals surface area contributed by atoms with Gasteiger partial charge >= 0.3 is 0 Å². The fourth-order valence-corrected chi connectivity index (χ4v) is 4.29. The van der Waals surface area contributed by atoms with Gasteiger partial charge in [0.25, 0.3) is 0 Å². The van der Waals surface area contributed by atoms with Crippen LogP contribution in [0.4, 0.5) is 0 Å². The Balaban J connectivity index is 1.55. The number of carbonyl (C=O) groups excluding carboxylic acids is 1. The van der Waals surface area contributed by atoms with Crippen molar-refractivity contribution >= 4 is 17.7 Å². The molecule has 0 unspecified atom stereocenters. The second-order valence-electron chi connectivity index (χ2n) is 6.67. The van der Waals surface area contributed by atoms with Crippen molar-refractivity contribution in [2.24, 2.45) is 0 Å². The molecule has 1 N–H and O–H groups in total. The Morgan fingerprint density at radius 1 is 1.38 bits per heavy atom. The van der Waals surface area contributed by atoms with Gasteiger partial charge in [0, 0.05) is 29.3 Å². The van der Waals surface area contributed by atoms with Gasteiger partial charge in [0.2, 0.25) is 5.91 Å². The smallest absolute Gasteiger partial charge is 0.230 e. The van der Waals surface area contributed by atoms with Gasteiger partial charge in [-0.05, 0) is 38.8 Å². The summed E-state index contributed by atoms with van der Waals surface area (Å²) in [5.41, 5.74) is 2.34. The van der Waals surface area contributed by atoms with E-state index in [4.69, 9.17) is 9.47 Å². The Kier molecular flexibility index (Phi) is 5.93. The van der Waals surface area contributed by atoms with E-state index in [1.165, 1.54) is 18.4 Å². The number of carbonyl (C=O) groups is 1. The van der Waals surface area contributed by atoms with Crippen LogP contribution in [0, 0.1) is 0 Å². The van der Waals surface area contributed by atoms with Crippen LogP contribution in [0.3, 0.4) is 0 Å². The molecule has 1 aliphatic carbocycles. The summed E-state index contributed by atoms with van der Waals surface area (Å²) < 4.78 is 11.6. The van der Waals surface area contributed by atoms with Gasteiger partial charge in [-0.3, -0.25) is 4.79 Å². The maximum Gasteiger partial charge on any atom is 0.230 e. The SMILES string of the molecule is CCOc1cc2c(cc1CSCC(=O)NC1CCCC1)O[C@@H](C)C2. The summed E-state index contributed by atoms with van der Waals surface area (Å²) in [6.07, 6.45) is 5.91. The van der Waals surface area contributed by atoms with Gasteiger partial charge in [-0.15, -0.1) is 11.8 Å². The normalized spacial score (nSPS) is 19.8. The van der Waals surface area contributed by atoms with Crippen LogP contribution in [0.5, 0.6) is 11.5 Å². The van der Waals surface area contributed by atoms with Gasteiger partial charge in [-0.1, -0.05) is 12.8 Å². The first-order valence-electron chi connectivity index (χ1n) is 8.98. The molecule has 0 radical (unpaired) electrons. The molecule has 1 saturated carbocycles. The summed E-state index contributed by atoms with van der Waals surface area (Å²) in [4.78, 5) is 12.0. The quantitative estimate of drug-likeness (QED) is 0.815. The minimum Gasteiger partial charge on any atom is -0.494 e. The van der Waals surface area contributed by atoms with E-state index in [-0.39, 0.29) is 12.0 Å². The summed E-state index contributed by atoms with van der Waals surface area (Å²) in [6, 6.07) is 4.59. The molecular formula is C19H27NO3S. The number of rotatable bonds is 7. The maximum absolute atomic E-state index is 12.0.